The van der Waals surface area contributed by atoms with Crippen LogP contribution in [0.4, 0.5) is 17.6 Å². The van der Waals surface area contributed by atoms with Crippen molar-refractivity contribution in [3.05, 3.63) is 24.0 Å². The molecular formula is C8H7F4NO. The number of aromatic nitrogens is 1. The van der Waals surface area contributed by atoms with Crippen molar-refractivity contribution >= 4 is 6.29 Å². The van der Waals surface area contributed by atoms with Crippen LogP contribution in [0.5, 0.6) is 0 Å². The summed E-state index contributed by atoms with van der Waals surface area (Å²) in [5.41, 5.74) is -0.489. The summed E-state index contributed by atoms with van der Waals surface area (Å²) < 4.78 is 50.9. The van der Waals surface area contributed by atoms with Crippen LogP contribution in [0.25, 0.3) is 0 Å². The summed E-state index contributed by atoms with van der Waals surface area (Å²) in [4.78, 5) is 10.3. The highest BCUT2D eigenvalue weighted by Gasteiger charge is 2.54. The van der Waals surface area contributed by atoms with Gasteiger partial charge < -0.3 is 0 Å². The molecule has 0 aromatic carbocycles. The summed E-state index contributed by atoms with van der Waals surface area (Å²) in [6.45, 7) is 0.0988. The van der Waals surface area contributed by atoms with Crippen molar-refractivity contribution in [3.63, 3.8) is 0 Å². The first kappa shape index (κ1) is 10.7. The number of hydrogen-bond donors (Lipinski definition) is 0. The van der Waals surface area contributed by atoms with Crippen LogP contribution in [-0.4, -0.2) is 16.8 Å². The minimum Gasteiger partial charge on any atom is -0.296 e. The normalized spacial score (nSPS) is 12.9. The zero-order chi connectivity index (χ0) is 11.0. The fraction of sp³-hybridized carbons (Fsp3) is 0.375. The molecule has 0 aliphatic rings. The highest BCUT2D eigenvalue weighted by molar-refractivity contribution is 5.72. The zero-order valence-electron chi connectivity index (χ0n) is 7.18. The monoisotopic (exact) mass is 209 g/mol. The van der Waals surface area contributed by atoms with Gasteiger partial charge in [-0.15, -0.1) is 0 Å². The van der Waals surface area contributed by atoms with Crippen LogP contribution in [0, 0.1) is 0 Å². The van der Waals surface area contributed by atoms with Gasteiger partial charge in [0.25, 0.3) is 0 Å². The maximum atomic E-state index is 13.0. The number of hydrogen-bond acceptors (Lipinski definition) is 1. The molecule has 0 spiro atoms. The first-order valence-electron chi connectivity index (χ1n) is 3.69. The number of halogens is 4. The lowest BCUT2D eigenvalue weighted by Crippen LogP contribution is -2.41. The average molecular weight is 209 g/mol. The number of carbonyl (C=O) groups is 1. The Hall–Kier alpha value is -1.33. The number of alkyl halides is 4. The van der Waals surface area contributed by atoms with Crippen molar-refractivity contribution in [1.29, 1.82) is 0 Å². The Morgan fingerprint density at radius 1 is 1.36 bits per heavy atom. The van der Waals surface area contributed by atoms with E-state index in [2.05, 4.69) is 0 Å². The van der Waals surface area contributed by atoms with Gasteiger partial charge in [-0.05, 0) is 12.1 Å². The van der Waals surface area contributed by atoms with Crippen LogP contribution < -0.4 is 0 Å². The molecule has 0 saturated heterocycles. The van der Waals surface area contributed by atoms with Crippen LogP contribution in [0.3, 0.4) is 0 Å². The van der Waals surface area contributed by atoms with Crippen LogP contribution >= 0.6 is 0 Å². The molecule has 0 N–H and O–H groups in total. The van der Waals surface area contributed by atoms with E-state index >= 15 is 0 Å². The lowest BCUT2D eigenvalue weighted by atomic mass is 10.3. The molecule has 2 nitrogen and oxygen atoms in total. The molecule has 0 radical (unpaired) electrons. The smallest absolute Gasteiger partial charge is 0.296 e. The fourth-order valence-corrected chi connectivity index (χ4v) is 0.957. The van der Waals surface area contributed by atoms with Crippen molar-refractivity contribution in [3.8, 4) is 0 Å². The summed E-state index contributed by atoms with van der Waals surface area (Å²) in [5.74, 6) is -4.22. The van der Waals surface area contributed by atoms with Gasteiger partial charge in [-0.2, -0.15) is 17.6 Å². The van der Waals surface area contributed by atoms with Gasteiger partial charge in [-0.25, -0.2) is 0 Å². The van der Waals surface area contributed by atoms with Gasteiger partial charge in [-0.1, -0.05) is 0 Å². The molecule has 0 aliphatic carbocycles. The van der Waals surface area contributed by atoms with E-state index in [-0.39, 0.29) is 17.8 Å². The first-order valence-corrected chi connectivity index (χ1v) is 3.69. The van der Waals surface area contributed by atoms with Crippen molar-refractivity contribution in [2.24, 2.45) is 0 Å². The van der Waals surface area contributed by atoms with Gasteiger partial charge in [-0.3, -0.25) is 9.36 Å². The van der Waals surface area contributed by atoms with Crippen LogP contribution in [-0.2, 0) is 6.05 Å². The van der Waals surface area contributed by atoms with Gasteiger partial charge in [0.2, 0.25) is 0 Å². The minimum absolute atomic E-state index is 0.0417. The second-order valence-electron chi connectivity index (χ2n) is 2.85. The third kappa shape index (κ3) is 1.51. The molecule has 0 amide bonds. The standard InChI is InChI=1S/C8H7F4NO/c1-7(9,10)8(11,12)13-4-2-3-6(13)5-14/h2-5H,1H3. The molecule has 14 heavy (non-hydrogen) atoms. The fourth-order valence-electron chi connectivity index (χ4n) is 0.957. The van der Waals surface area contributed by atoms with Crippen LogP contribution in [0.15, 0.2) is 18.3 Å². The van der Waals surface area contributed by atoms with E-state index in [1.807, 2.05) is 0 Å². The predicted octanol–water partition coefficient (Wildman–Crippen LogP) is 2.51. The Labute approximate surface area is 77.1 Å². The summed E-state index contributed by atoms with van der Waals surface area (Å²) in [7, 11) is 0. The molecule has 1 aromatic rings. The Morgan fingerprint density at radius 2 is 1.93 bits per heavy atom. The number of carbonyl (C=O) groups excluding carboxylic acids is 1. The maximum Gasteiger partial charge on any atom is 0.392 e. The van der Waals surface area contributed by atoms with Crippen LogP contribution in [0.2, 0.25) is 0 Å². The predicted molar refractivity (Wildman–Crippen MR) is 40.6 cm³/mol. The van der Waals surface area contributed by atoms with Crippen molar-refractivity contribution in [2.75, 3.05) is 0 Å². The van der Waals surface area contributed by atoms with Crippen molar-refractivity contribution in [2.45, 2.75) is 18.9 Å². The molecule has 6 heteroatoms. The highest BCUT2D eigenvalue weighted by atomic mass is 19.3. The third-order valence-electron chi connectivity index (χ3n) is 1.73. The minimum atomic E-state index is -4.40. The van der Waals surface area contributed by atoms with Gasteiger partial charge >= 0.3 is 12.0 Å². The third-order valence-corrected chi connectivity index (χ3v) is 1.73. The highest BCUT2D eigenvalue weighted by Crippen LogP contribution is 2.38. The van der Waals surface area contributed by atoms with E-state index in [9.17, 15) is 22.4 Å². The largest absolute Gasteiger partial charge is 0.392 e. The van der Waals surface area contributed by atoms with Gasteiger partial charge in [0.15, 0.2) is 6.29 Å². The molecule has 0 fully saturated rings. The van der Waals surface area contributed by atoms with E-state index in [0.717, 1.165) is 18.3 Å². The molecule has 0 aliphatic heterocycles. The average Bonchev–Trinajstić information content (AvgIpc) is 2.49. The molecule has 0 atom stereocenters. The molecule has 1 aromatic heterocycles. The van der Waals surface area contributed by atoms with E-state index in [1.54, 1.807) is 0 Å². The van der Waals surface area contributed by atoms with Gasteiger partial charge in [0.1, 0.15) is 0 Å². The lowest BCUT2D eigenvalue weighted by Gasteiger charge is -2.25. The second-order valence-corrected chi connectivity index (χ2v) is 2.85. The molecule has 0 bridgehead atoms. The SMILES string of the molecule is CC(F)(F)C(F)(F)n1cccc1C=O. The Balaban J connectivity index is 3.22. The van der Waals surface area contributed by atoms with Gasteiger partial charge in [0.05, 0.1) is 5.69 Å². The van der Waals surface area contributed by atoms with Crippen LogP contribution in [0.1, 0.15) is 17.4 Å². The second kappa shape index (κ2) is 3.11. The van der Waals surface area contributed by atoms with Gasteiger partial charge in [0, 0.05) is 13.1 Å². The van der Waals surface area contributed by atoms with E-state index in [4.69, 9.17) is 0 Å². The Bertz CT molecular complexity index is 339. The lowest BCUT2D eigenvalue weighted by molar-refractivity contribution is -0.250. The number of aldehydes is 1. The maximum absolute atomic E-state index is 13.0. The quantitative estimate of drug-likeness (QED) is 0.553. The molecule has 0 saturated carbocycles. The summed E-state index contributed by atoms with van der Waals surface area (Å²) in [6, 6.07) is -2.26. The molecule has 0 unspecified atom stereocenters. The molecular weight excluding hydrogens is 202 g/mol. The summed E-state index contributed by atoms with van der Waals surface area (Å²) in [6.07, 6.45) is 0.834. The molecule has 1 rings (SSSR count). The zero-order valence-corrected chi connectivity index (χ0v) is 7.18. The summed E-state index contributed by atoms with van der Waals surface area (Å²) >= 11 is 0. The van der Waals surface area contributed by atoms with E-state index in [0.29, 0.717) is 0 Å². The topological polar surface area (TPSA) is 22.0 Å². The number of rotatable bonds is 3. The first-order chi connectivity index (χ1) is 6.30. The van der Waals surface area contributed by atoms with E-state index < -0.39 is 17.7 Å². The molecule has 78 valence electrons. The Morgan fingerprint density at radius 3 is 2.36 bits per heavy atom. The molecule has 1 heterocycles. The van der Waals surface area contributed by atoms with Crippen molar-refractivity contribution < 1.29 is 22.4 Å². The summed E-state index contributed by atoms with van der Waals surface area (Å²) in [5, 5.41) is 0. The number of nitrogens with zero attached hydrogens (tertiary/aromatic N) is 1. The van der Waals surface area contributed by atoms with E-state index in [1.165, 1.54) is 0 Å². The van der Waals surface area contributed by atoms with Crippen molar-refractivity contribution in [1.82, 2.24) is 4.57 Å². The Kier molecular flexibility index (Phi) is 2.39.